The van der Waals surface area contributed by atoms with Crippen molar-refractivity contribution < 1.29 is 14.2 Å². The molecule has 96 valence electrons. The maximum absolute atomic E-state index is 5.86. The number of hydrogen-bond acceptors (Lipinski definition) is 4. The predicted octanol–water partition coefficient (Wildman–Crippen LogP) is 1.62. The number of nitrogens with one attached hydrogen (secondary N) is 1. The van der Waals surface area contributed by atoms with E-state index in [0.717, 1.165) is 23.6 Å². The van der Waals surface area contributed by atoms with Gasteiger partial charge >= 0.3 is 0 Å². The molecule has 0 amide bonds. The van der Waals surface area contributed by atoms with Crippen molar-refractivity contribution in [2.45, 2.75) is 13.0 Å². The molecule has 1 rings (SSSR count). The van der Waals surface area contributed by atoms with Crippen molar-refractivity contribution in [3.63, 3.8) is 0 Å². The molecule has 4 heteroatoms. The number of hydrogen-bond donors (Lipinski definition) is 1. The Morgan fingerprint density at radius 3 is 2.59 bits per heavy atom. The average molecular weight is 239 g/mol. The highest BCUT2D eigenvalue weighted by Crippen LogP contribution is 2.28. The van der Waals surface area contributed by atoms with Crippen molar-refractivity contribution in [2.24, 2.45) is 0 Å². The lowest BCUT2D eigenvalue weighted by Crippen LogP contribution is -2.33. The van der Waals surface area contributed by atoms with E-state index in [-0.39, 0.29) is 6.10 Å². The van der Waals surface area contributed by atoms with Gasteiger partial charge in [0.1, 0.15) is 6.10 Å². The van der Waals surface area contributed by atoms with E-state index in [1.807, 2.05) is 32.2 Å². The van der Waals surface area contributed by atoms with Gasteiger partial charge in [-0.05, 0) is 31.7 Å². The number of methoxy groups -OCH3 is 2. The van der Waals surface area contributed by atoms with Crippen LogP contribution in [0.15, 0.2) is 18.2 Å². The fraction of sp³-hybridized carbons (Fsp3) is 0.538. The first-order valence-electron chi connectivity index (χ1n) is 5.66. The van der Waals surface area contributed by atoms with Crippen LogP contribution in [0.1, 0.15) is 5.56 Å². The van der Waals surface area contributed by atoms with Crippen LogP contribution >= 0.6 is 0 Å². The van der Waals surface area contributed by atoms with Crippen LogP contribution in [-0.2, 0) is 4.74 Å². The third kappa shape index (κ3) is 4.24. The zero-order valence-electron chi connectivity index (χ0n) is 10.9. The van der Waals surface area contributed by atoms with Gasteiger partial charge in [0.25, 0.3) is 0 Å². The molecule has 1 aromatic carbocycles. The number of benzene rings is 1. The number of likely N-dealkylation sites (N-methyl/N-ethyl adjacent to an activating group) is 1. The summed E-state index contributed by atoms with van der Waals surface area (Å²) in [4.78, 5) is 0. The minimum atomic E-state index is -0.0263. The minimum Gasteiger partial charge on any atom is -0.493 e. The first-order chi connectivity index (χ1) is 8.21. The van der Waals surface area contributed by atoms with Crippen molar-refractivity contribution in [1.82, 2.24) is 5.32 Å². The molecule has 1 atom stereocenters. The molecule has 0 radical (unpaired) electrons. The second kappa shape index (κ2) is 7.14. The van der Waals surface area contributed by atoms with Gasteiger partial charge in [-0.3, -0.25) is 0 Å². The van der Waals surface area contributed by atoms with E-state index < -0.39 is 0 Å². The minimum absolute atomic E-state index is 0.0263. The Bertz CT molecular complexity index is 335. The Labute approximate surface area is 103 Å². The molecule has 0 fully saturated rings. The Balaban J connectivity index is 2.76. The van der Waals surface area contributed by atoms with Crippen LogP contribution in [0, 0.1) is 6.92 Å². The van der Waals surface area contributed by atoms with Gasteiger partial charge in [-0.1, -0.05) is 6.07 Å². The van der Waals surface area contributed by atoms with Gasteiger partial charge in [0, 0.05) is 13.7 Å². The molecule has 0 saturated carbocycles. The predicted molar refractivity (Wildman–Crippen MR) is 67.9 cm³/mol. The standard InChI is InChI=1S/C13H21NO3/c1-10-5-6-12(13(7-10)16-4)17-11(8-14-2)9-15-3/h5-7,11,14H,8-9H2,1-4H3. The van der Waals surface area contributed by atoms with Crippen molar-refractivity contribution in [1.29, 1.82) is 0 Å². The van der Waals surface area contributed by atoms with Gasteiger partial charge in [-0.15, -0.1) is 0 Å². The molecule has 4 nitrogen and oxygen atoms in total. The van der Waals surface area contributed by atoms with Crippen molar-refractivity contribution in [3.05, 3.63) is 23.8 Å². The van der Waals surface area contributed by atoms with Gasteiger partial charge in [-0.25, -0.2) is 0 Å². The van der Waals surface area contributed by atoms with E-state index in [9.17, 15) is 0 Å². The largest absolute Gasteiger partial charge is 0.493 e. The summed E-state index contributed by atoms with van der Waals surface area (Å²) in [5.74, 6) is 1.50. The third-order valence-electron chi connectivity index (χ3n) is 2.40. The molecule has 17 heavy (non-hydrogen) atoms. The summed E-state index contributed by atoms with van der Waals surface area (Å²) in [6, 6.07) is 5.88. The van der Waals surface area contributed by atoms with E-state index >= 15 is 0 Å². The molecule has 0 aromatic heterocycles. The average Bonchev–Trinajstić information content (AvgIpc) is 2.32. The van der Waals surface area contributed by atoms with Gasteiger partial charge in [0.2, 0.25) is 0 Å². The summed E-state index contributed by atoms with van der Waals surface area (Å²) in [5.41, 5.74) is 1.14. The second-order valence-corrected chi connectivity index (χ2v) is 3.91. The summed E-state index contributed by atoms with van der Waals surface area (Å²) >= 11 is 0. The molecule has 1 N–H and O–H groups in total. The molecule has 1 unspecified atom stereocenters. The molecule has 0 aliphatic carbocycles. The first kappa shape index (κ1) is 13.8. The second-order valence-electron chi connectivity index (χ2n) is 3.91. The molecule has 1 aromatic rings. The van der Waals surface area contributed by atoms with Crippen LogP contribution in [0.4, 0.5) is 0 Å². The monoisotopic (exact) mass is 239 g/mol. The van der Waals surface area contributed by atoms with Gasteiger partial charge in [0.15, 0.2) is 11.5 Å². The number of rotatable bonds is 7. The van der Waals surface area contributed by atoms with Crippen LogP contribution in [0.2, 0.25) is 0 Å². The first-order valence-corrected chi connectivity index (χ1v) is 5.66. The SMILES string of the molecule is CNCC(COC)Oc1ccc(C)cc1OC. The zero-order valence-corrected chi connectivity index (χ0v) is 10.9. The molecular weight excluding hydrogens is 218 g/mol. The highest BCUT2D eigenvalue weighted by atomic mass is 16.5. The Morgan fingerprint density at radius 1 is 1.24 bits per heavy atom. The van der Waals surface area contributed by atoms with E-state index in [1.165, 1.54) is 0 Å². The highest BCUT2D eigenvalue weighted by molar-refractivity contribution is 5.42. The van der Waals surface area contributed by atoms with Crippen LogP contribution in [-0.4, -0.2) is 40.5 Å². The van der Waals surface area contributed by atoms with E-state index in [1.54, 1.807) is 14.2 Å². The molecular formula is C13H21NO3. The number of ether oxygens (including phenoxy) is 3. The Morgan fingerprint density at radius 2 is 2.00 bits per heavy atom. The molecule has 0 aliphatic rings. The summed E-state index contributed by atoms with van der Waals surface area (Å²) in [6.07, 6.45) is -0.0263. The Kier molecular flexibility index (Phi) is 5.80. The van der Waals surface area contributed by atoms with Crippen LogP contribution in [0.5, 0.6) is 11.5 Å². The third-order valence-corrected chi connectivity index (χ3v) is 2.40. The zero-order chi connectivity index (χ0) is 12.7. The summed E-state index contributed by atoms with van der Waals surface area (Å²) in [5, 5.41) is 3.08. The van der Waals surface area contributed by atoms with Crippen molar-refractivity contribution in [2.75, 3.05) is 34.4 Å². The molecule has 0 saturated heterocycles. The van der Waals surface area contributed by atoms with Gasteiger partial charge < -0.3 is 19.5 Å². The highest BCUT2D eigenvalue weighted by Gasteiger charge is 2.12. The van der Waals surface area contributed by atoms with Gasteiger partial charge in [0.05, 0.1) is 13.7 Å². The normalized spacial score (nSPS) is 12.2. The molecule has 0 bridgehead atoms. The van der Waals surface area contributed by atoms with E-state index in [2.05, 4.69) is 5.32 Å². The van der Waals surface area contributed by atoms with Gasteiger partial charge in [-0.2, -0.15) is 0 Å². The fourth-order valence-corrected chi connectivity index (χ4v) is 1.60. The van der Waals surface area contributed by atoms with Crippen LogP contribution in [0.3, 0.4) is 0 Å². The Hall–Kier alpha value is -1.26. The smallest absolute Gasteiger partial charge is 0.161 e. The van der Waals surface area contributed by atoms with Crippen molar-refractivity contribution >= 4 is 0 Å². The summed E-state index contributed by atoms with van der Waals surface area (Å²) < 4.78 is 16.3. The molecule has 0 aliphatic heterocycles. The lowest BCUT2D eigenvalue weighted by Gasteiger charge is -2.19. The van der Waals surface area contributed by atoms with E-state index in [0.29, 0.717) is 6.61 Å². The van der Waals surface area contributed by atoms with E-state index in [4.69, 9.17) is 14.2 Å². The maximum Gasteiger partial charge on any atom is 0.161 e. The topological polar surface area (TPSA) is 39.7 Å². The lowest BCUT2D eigenvalue weighted by atomic mass is 10.2. The lowest BCUT2D eigenvalue weighted by molar-refractivity contribution is 0.0798. The quantitative estimate of drug-likeness (QED) is 0.785. The molecule has 0 spiro atoms. The number of aryl methyl sites for hydroxylation is 1. The molecule has 0 heterocycles. The van der Waals surface area contributed by atoms with Crippen molar-refractivity contribution in [3.8, 4) is 11.5 Å². The summed E-state index contributed by atoms with van der Waals surface area (Å²) in [7, 11) is 5.20. The van der Waals surface area contributed by atoms with Crippen LogP contribution < -0.4 is 14.8 Å². The fourth-order valence-electron chi connectivity index (χ4n) is 1.60. The summed E-state index contributed by atoms with van der Waals surface area (Å²) in [6.45, 7) is 3.29. The van der Waals surface area contributed by atoms with Crippen LogP contribution in [0.25, 0.3) is 0 Å². The maximum atomic E-state index is 5.86.